The van der Waals surface area contributed by atoms with Crippen molar-refractivity contribution in [2.75, 3.05) is 52.2 Å². The molecule has 0 atom stereocenters. The van der Waals surface area contributed by atoms with Gasteiger partial charge < -0.3 is 25.4 Å². The van der Waals surface area contributed by atoms with Crippen molar-refractivity contribution in [3.63, 3.8) is 0 Å². The van der Waals surface area contributed by atoms with E-state index in [1.807, 2.05) is 18.2 Å². The van der Waals surface area contributed by atoms with Crippen molar-refractivity contribution < 1.29 is 9.90 Å². The molecule has 4 heterocycles. The van der Waals surface area contributed by atoms with E-state index in [-0.39, 0.29) is 24.0 Å². The first-order valence-corrected chi connectivity index (χ1v) is 12.5. The molecule has 178 valence electrons. The predicted octanol–water partition coefficient (Wildman–Crippen LogP) is 3.63. The summed E-state index contributed by atoms with van der Waals surface area (Å²) in [6.07, 6.45) is 8.43. The van der Waals surface area contributed by atoms with Crippen molar-refractivity contribution >= 4 is 41.0 Å². The first kappa shape index (κ1) is 23.9. The summed E-state index contributed by atoms with van der Waals surface area (Å²) in [5.41, 5.74) is 2.47. The summed E-state index contributed by atoms with van der Waals surface area (Å²) in [6.45, 7) is 2.49. The van der Waals surface area contributed by atoms with Crippen LogP contribution in [-0.2, 0) is 0 Å². The minimum absolute atomic E-state index is 0.0907. The van der Waals surface area contributed by atoms with Crippen molar-refractivity contribution in [2.24, 2.45) is 5.92 Å². The molecule has 9 nitrogen and oxygen atoms in total. The van der Waals surface area contributed by atoms with E-state index in [1.54, 1.807) is 6.07 Å². The predicted molar refractivity (Wildman–Crippen MR) is 136 cm³/mol. The minimum Gasteiger partial charge on any atom is -0.395 e. The van der Waals surface area contributed by atoms with E-state index in [4.69, 9.17) is 5.11 Å². The van der Waals surface area contributed by atoms with Gasteiger partial charge in [0.1, 0.15) is 17.6 Å². The molecule has 4 N–H and O–H groups in total. The zero-order valence-electron chi connectivity index (χ0n) is 19.0. The summed E-state index contributed by atoms with van der Waals surface area (Å²) in [5, 5.41) is 24.4. The number of nitrogens with one attached hydrogen (secondary N) is 3. The minimum atomic E-state index is -0.286. The molecule has 10 heteroatoms. The lowest BCUT2D eigenvalue weighted by Crippen LogP contribution is -2.35. The van der Waals surface area contributed by atoms with Crippen molar-refractivity contribution in [1.29, 1.82) is 5.26 Å². The average Bonchev–Trinajstić information content (AvgIpc) is 2.86. The number of benzene rings is 1. The number of aromatic nitrogens is 2. The number of amides is 1. The molecule has 2 aromatic rings. The van der Waals surface area contributed by atoms with Crippen LogP contribution in [0.15, 0.2) is 36.4 Å². The number of aliphatic hydroxyl groups excluding tert-OH is 1. The summed E-state index contributed by atoms with van der Waals surface area (Å²) in [6, 6.07) is 9.16. The third kappa shape index (κ3) is 6.18. The summed E-state index contributed by atoms with van der Waals surface area (Å²) in [7, 11) is 0. The molecule has 1 saturated heterocycles. The molecule has 5 rings (SSSR count). The second kappa shape index (κ2) is 11.7. The van der Waals surface area contributed by atoms with Gasteiger partial charge in [-0.25, -0.2) is 4.98 Å². The Kier molecular flexibility index (Phi) is 8.22. The van der Waals surface area contributed by atoms with Crippen molar-refractivity contribution in [1.82, 2.24) is 9.97 Å². The van der Waals surface area contributed by atoms with Crippen LogP contribution >= 0.6 is 11.9 Å². The first-order valence-electron chi connectivity index (χ1n) is 11.5. The lowest BCUT2D eigenvalue weighted by atomic mass is 9.92. The molecule has 34 heavy (non-hydrogen) atoms. The molecule has 0 radical (unpaired) electrons. The standard InChI is InChI=1S/C24H29N7O2S/c25-16-19-15-22-28-23(33)20-6-5-18(30-34-13-12-32)14-21(20)31-10-7-17(8-11-31)4-2-1-3-9-26-24(27-19)29-22/h1-2,5-6,14-15,17,30,32H,3-4,7-13H2,(H2,26,27,28,29,33)/b2-1+. The van der Waals surface area contributed by atoms with Gasteiger partial charge in [-0.1, -0.05) is 24.1 Å². The van der Waals surface area contributed by atoms with Crippen molar-refractivity contribution in [2.45, 2.75) is 25.7 Å². The van der Waals surface area contributed by atoms with Gasteiger partial charge in [-0.05, 0) is 49.8 Å². The molecule has 1 aromatic heterocycles. The number of hydrogen-bond donors (Lipinski definition) is 4. The number of fused-ring (bicyclic) bond motifs is 7. The number of rotatable bonds is 4. The summed E-state index contributed by atoms with van der Waals surface area (Å²) < 4.78 is 3.24. The Morgan fingerprint density at radius 3 is 2.88 bits per heavy atom. The van der Waals surface area contributed by atoms with Crippen molar-refractivity contribution in [3.8, 4) is 6.07 Å². The summed E-state index contributed by atoms with van der Waals surface area (Å²) in [5.74, 6) is 1.51. The molecule has 4 bridgehead atoms. The number of carbonyl (C=O) groups is 1. The van der Waals surface area contributed by atoms with E-state index in [0.29, 0.717) is 29.7 Å². The molecule has 1 fully saturated rings. The van der Waals surface area contributed by atoms with E-state index in [9.17, 15) is 10.1 Å². The highest BCUT2D eigenvalue weighted by molar-refractivity contribution is 8.00. The lowest BCUT2D eigenvalue weighted by molar-refractivity contribution is 0.102. The Bertz CT molecular complexity index is 1080. The molecule has 3 aliphatic heterocycles. The Morgan fingerprint density at radius 2 is 2.09 bits per heavy atom. The van der Waals surface area contributed by atoms with E-state index >= 15 is 0 Å². The monoisotopic (exact) mass is 479 g/mol. The average molecular weight is 480 g/mol. The first-order chi connectivity index (χ1) is 16.7. The number of hydrogen-bond acceptors (Lipinski definition) is 9. The maximum absolute atomic E-state index is 13.3. The Hall–Kier alpha value is -3.29. The van der Waals surface area contributed by atoms with E-state index in [0.717, 1.165) is 50.1 Å². The van der Waals surface area contributed by atoms with E-state index in [2.05, 4.69) is 42.4 Å². The van der Waals surface area contributed by atoms with Crippen LogP contribution in [0.25, 0.3) is 0 Å². The highest BCUT2D eigenvalue weighted by Gasteiger charge is 2.23. The largest absolute Gasteiger partial charge is 0.395 e. The second-order valence-corrected chi connectivity index (χ2v) is 9.19. The van der Waals surface area contributed by atoms with Gasteiger partial charge in [0.25, 0.3) is 5.91 Å². The molecule has 0 saturated carbocycles. The van der Waals surface area contributed by atoms with Gasteiger partial charge in [0.15, 0.2) is 0 Å². The number of carbonyl (C=O) groups excluding carboxylic acids is 1. The normalized spacial score (nSPS) is 17.6. The van der Waals surface area contributed by atoms with Gasteiger partial charge >= 0.3 is 0 Å². The fraction of sp³-hybridized carbons (Fsp3) is 0.417. The van der Waals surface area contributed by atoms with Gasteiger partial charge in [-0.2, -0.15) is 10.2 Å². The number of allylic oxidation sites excluding steroid dienone is 1. The Morgan fingerprint density at radius 1 is 1.24 bits per heavy atom. The van der Waals surface area contributed by atoms with Crippen LogP contribution in [0.3, 0.4) is 0 Å². The van der Waals surface area contributed by atoms with Gasteiger partial charge in [0.2, 0.25) is 5.95 Å². The lowest BCUT2D eigenvalue weighted by Gasteiger charge is -2.34. The summed E-state index contributed by atoms with van der Waals surface area (Å²) >= 11 is 1.42. The third-order valence-corrected chi connectivity index (χ3v) is 6.66. The Labute approximate surface area is 203 Å². The third-order valence-electron chi connectivity index (χ3n) is 5.89. The Balaban J connectivity index is 1.67. The van der Waals surface area contributed by atoms with E-state index in [1.165, 1.54) is 18.0 Å². The molecule has 0 spiro atoms. The molecule has 3 aliphatic rings. The van der Waals surface area contributed by atoms with Crippen LogP contribution in [0.4, 0.5) is 23.1 Å². The van der Waals surface area contributed by atoms with Crippen LogP contribution < -0.4 is 20.3 Å². The maximum Gasteiger partial charge on any atom is 0.258 e. The molecule has 1 amide bonds. The smallest absolute Gasteiger partial charge is 0.258 e. The number of piperidine rings is 1. The number of nitriles is 1. The SMILES string of the molecule is N#Cc1cc2nc(n1)NCC/C=C/CC1CCN(CC1)c1cc(NSCCO)ccc1C(=O)N2. The fourth-order valence-corrected chi connectivity index (χ4v) is 4.63. The van der Waals surface area contributed by atoms with Crippen molar-refractivity contribution in [3.05, 3.63) is 47.7 Å². The zero-order chi connectivity index (χ0) is 23.8. The van der Waals surface area contributed by atoms with Gasteiger partial charge in [-0.3, -0.25) is 4.79 Å². The quantitative estimate of drug-likeness (QED) is 0.295. The zero-order valence-corrected chi connectivity index (χ0v) is 19.8. The molecule has 0 unspecified atom stereocenters. The van der Waals surface area contributed by atoms with Crippen LogP contribution in [0.1, 0.15) is 41.7 Å². The number of anilines is 4. The molecular formula is C24H29N7O2S. The molecule has 0 aliphatic carbocycles. The van der Waals surface area contributed by atoms with Crippen LogP contribution in [0, 0.1) is 17.2 Å². The van der Waals surface area contributed by atoms with Crippen LogP contribution in [-0.4, -0.2) is 53.0 Å². The molecule has 1 aromatic carbocycles. The fourth-order valence-electron chi connectivity index (χ4n) is 4.14. The van der Waals surface area contributed by atoms with E-state index < -0.39 is 0 Å². The molecular weight excluding hydrogens is 450 g/mol. The highest BCUT2D eigenvalue weighted by atomic mass is 32.2. The number of nitrogens with zero attached hydrogens (tertiary/aromatic N) is 4. The topological polar surface area (TPSA) is 126 Å². The highest BCUT2D eigenvalue weighted by Crippen LogP contribution is 2.31. The maximum atomic E-state index is 13.3. The second-order valence-electron chi connectivity index (χ2n) is 8.29. The van der Waals surface area contributed by atoms with Crippen LogP contribution in [0.2, 0.25) is 0 Å². The summed E-state index contributed by atoms with van der Waals surface area (Å²) in [4.78, 5) is 24.2. The van der Waals surface area contributed by atoms with Crippen LogP contribution in [0.5, 0.6) is 0 Å². The number of aliphatic hydroxyl groups is 1. The van der Waals surface area contributed by atoms with Gasteiger partial charge in [0, 0.05) is 37.1 Å². The van der Waals surface area contributed by atoms with Gasteiger partial charge in [0.05, 0.1) is 17.9 Å². The van der Waals surface area contributed by atoms with Gasteiger partial charge in [-0.15, -0.1) is 0 Å².